The van der Waals surface area contributed by atoms with Crippen molar-refractivity contribution < 1.29 is 29.0 Å². The fourth-order valence-electron chi connectivity index (χ4n) is 4.95. The summed E-state index contributed by atoms with van der Waals surface area (Å²) < 4.78 is 11.4. The number of rotatable bonds is 10. The van der Waals surface area contributed by atoms with Crippen LogP contribution < -0.4 is 10.6 Å². The minimum absolute atomic E-state index is 0.0977. The quantitative estimate of drug-likeness (QED) is 0.327. The molecule has 4 rings (SSSR count). The van der Waals surface area contributed by atoms with E-state index < -0.39 is 41.6 Å². The Morgan fingerprint density at radius 2 is 1.40 bits per heavy atom. The third kappa shape index (κ3) is 6.69. The van der Waals surface area contributed by atoms with E-state index >= 15 is 0 Å². The second kappa shape index (κ2) is 12.3. The molecule has 3 atom stereocenters. The van der Waals surface area contributed by atoms with E-state index in [0.717, 1.165) is 27.8 Å². The molecule has 0 spiro atoms. The van der Waals surface area contributed by atoms with E-state index in [1.807, 2.05) is 66.7 Å². The molecule has 8 heteroatoms. The zero-order valence-electron chi connectivity index (χ0n) is 23.2. The normalized spacial score (nSPS) is 14.8. The molecule has 0 aliphatic heterocycles. The van der Waals surface area contributed by atoms with Crippen molar-refractivity contribution in [2.45, 2.75) is 58.4 Å². The number of alkyl carbamates (subject to hydrolysis) is 1. The summed E-state index contributed by atoms with van der Waals surface area (Å²) in [6.45, 7) is 7.24. The number of carboxylic acid groups (broad SMARTS) is 1. The van der Waals surface area contributed by atoms with Crippen molar-refractivity contribution in [2.24, 2.45) is 5.41 Å². The second-order valence-corrected chi connectivity index (χ2v) is 11.1. The number of carbonyl (C=O) groups is 3. The van der Waals surface area contributed by atoms with Crippen LogP contribution >= 0.6 is 0 Å². The van der Waals surface area contributed by atoms with Crippen LogP contribution in [0.3, 0.4) is 0 Å². The van der Waals surface area contributed by atoms with Crippen LogP contribution in [0.1, 0.15) is 50.3 Å². The molecule has 40 heavy (non-hydrogen) atoms. The number of aliphatic carboxylic acids is 1. The number of nitrogens with one attached hydrogen (secondary N) is 2. The molecule has 8 nitrogen and oxygen atoms in total. The van der Waals surface area contributed by atoms with Crippen LogP contribution in [0.2, 0.25) is 0 Å². The van der Waals surface area contributed by atoms with Gasteiger partial charge >= 0.3 is 12.1 Å². The Morgan fingerprint density at radius 1 is 0.850 bits per heavy atom. The fourth-order valence-corrected chi connectivity index (χ4v) is 4.95. The topological polar surface area (TPSA) is 114 Å². The first-order chi connectivity index (χ1) is 19.1. The van der Waals surface area contributed by atoms with Crippen molar-refractivity contribution in [1.29, 1.82) is 0 Å². The van der Waals surface area contributed by atoms with Gasteiger partial charge < -0.3 is 25.2 Å². The maximum absolute atomic E-state index is 13.3. The third-order valence-corrected chi connectivity index (χ3v) is 7.12. The van der Waals surface area contributed by atoms with Gasteiger partial charge in [-0.15, -0.1) is 0 Å². The van der Waals surface area contributed by atoms with Crippen LogP contribution in [-0.2, 0) is 25.7 Å². The number of hydrogen-bond acceptors (Lipinski definition) is 5. The summed E-state index contributed by atoms with van der Waals surface area (Å²) in [5, 5.41) is 15.0. The lowest BCUT2D eigenvalue weighted by Gasteiger charge is -2.32. The largest absolute Gasteiger partial charge is 0.480 e. The van der Waals surface area contributed by atoms with Crippen LogP contribution in [0, 0.1) is 5.41 Å². The predicted octanol–water partition coefficient (Wildman–Crippen LogP) is 5.11. The molecular formula is C32H36N2O6. The average molecular weight is 545 g/mol. The molecule has 0 aromatic heterocycles. The number of carbonyl (C=O) groups excluding carboxylic acids is 2. The van der Waals surface area contributed by atoms with Gasteiger partial charge in [0.2, 0.25) is 5.91 Å². The third-order valence-electron chi connectivity index (χ3n) is 7.12. The zero-order chi connectivity index (χ0) is 28.9. The molecule has 0 bridgehead atoms. The number of fused-ring (bicyclic) bond motifs is 3. The SMILES string of the molecule is C[C@@H](OCc1ccccc1)[C@H](NC(=O)[C@H](NC(=O)OCC1c2ccccc2-c2ccccc21)C(C)(C)C)C(=O)O. The van der Waals surface area contributed by atoms with E-state index in [4.69, 9.17) is 9.47 Å². The van der Waals surface area contributed by atoms with Crippen LogP contribution in [-0.4, -0.2) is 47.9 Å². The molecule has 3 aromatic rings. The summed E-state index contributed by atoms with van der Waals surface area (Å²) in [6.07, 6.45) is -1.58. The lowest BCUT2D eigenvalue weighted by molar-refractivity contribution is -0.147. The molecule has 0 saturated carbocycles. The lowest BCUT2D eigenvalue weighted by atomic mass is 9.86. The Hall–Kier alpha value is -4.17. The number of carboxylic acids is 1. The lowest BCUT2D eigenvalue weighted by Crippen LogP contribution is -2.58. The Bertz CT molecular complexity index is 1310. The smallest absolute Gasteiger partial charge is 0.407 e. The molecular weight excluding hydrogens is 508 g/mol. The number of ether oxygens (including phenoxy) is 2. The van der Waals surface area contributed by atoms with Gasteiger partial charge in [0.15, 0.2) is 6.04 Å². The van der Waals surface area contributed by atoms with Gasteiger partial charge in [-0.05, 0) is 40.2 Å². The zero-order valence-corrected chi connectivity index (χ0v) is 23.2. The fraction of sp³-hybridized carbons (Fsp3) is 0.344. The Balaban J connectivity index is 1.40. The maximum atomic E-state index is 13.3. The summed E-state index contributed by atoms with van der Waals surface area (Å²) in [4.78, 5) is 38.3. The van der Waals surface area contributed by atoms with E-state index in [9.17, 15) is 19.5 Å². The summed E-state index contributed by atoms with van der Waals surface area (Å²) >= 11 is 0. The molecule has 2 amide bonds. The van der Waals surface area contributed by atoms with Crippen molar-refractivity contribution in [3.63, 3.8) is 0 Å². The summed E-state index contributed by atoms with van der Waals surface area (Å²) in [7, 11) is 0. The van der Waals surface area contributed by atoms with Gasteiger partial charge in [0.25, 0.3) is 0 Å². The first kappa shape index (κ1) is 28.8. The van der Waals surface area contributed by atoms with Gasteiger partial charge in [0, 0.05) is 5.92 Å². The Morgan fingerprint density at radius 3 is 1.95 bits per heavy atom. The summed E-state index contributed by atoms with van der Waals surface area (Å²) in [6, 6.07) is 23.0. The van der Waals surface area contributed by atoms with Gasteiger partial charge in [0.05, 0.1) is 12.7 Å². The van der Waals surface area contributed by atoms with Gasteiger partial charge in [0.1, 0.15) is 12.6 Å². The Labute approximate surface area is 234 Å². The summed E-state index contributed by atoms with van der Waals surface area (Å²) in [5.74, 6) is -2.00. The molecule has 1 aliphatic carbocycles. The van der Waals surface area contributed by atoms with E-state index in [0.29, 0.717) is 0 Å². The average Bonchev–Trinajstić information content (AvgIpc) is 3.25. The molecule has 0 unspecified atom stereocenters. The highest BCUT2D eigenvalue weighted by molar-refractivity contribution is 5.90. The van der Waals surface area contributed by atoms with Gasteiger partial charge in [-0.25, -0.2) is 9.59 Å². The molecule has 3 aromatic carbocycles. The second-order valence-electron chi connectivity index (χ2n) is 11.1. The van der Waals surface area contributed by atoms with Crippen LogP contribution in [0.4, 0.5) is 4.79 Å². The van der Waals surface area contributed by atoms with Crippen LogP contribution in [0.5, 0.6) is 0 Å². The van der Waals surface area contributed by atoms with Gasteiger partial charge in [-0.2, -0.15) is 0 Å². The predicted molar refractivity (Wildman–Crippen MR) is 152 cm³/mol. The van der Waals surface area contributed by atoms with Crippen molar-refractivity contribution in [1.82, 2.24) is 10.6 Å². The molecule has 0 saturated heterocycles. The number of benzene rings is 3. The van der Waals surface area contributed by atoms with Crippen LogP contribution in [0.15, 0.2) is 78.9 Å². The minimum atomic E-state index is -1.31. The van der Waals surface area contributed by atoms with Crippen molar-refractivity contribution >= 4 is 18.0 Å². The highest BCUT2D eigenvalue weighted by Gasteiger charge is 2.37. The standard InChI is InChI=1S/C32H36N2O6/c1-20(39-18-21-12-6-5-7-13-21)27(30(36)37)33-29(35)28(32(2,3)4)34-31(38)40-19-26-24-16-10-8-14-22(24)23-15-9-11-17-25(23)26/h5-17,20,26-28H,18-19H2,1-4H3,(H,33,35)(H,34,38)(H,36,37)/t20-,27+,28+/m1/s1. The number of hydrogen-bond donors (Lipinski definition) is 3. The van der Waals surface area contributed by atoms with Crippen molar-refractivity contribution in [2.75, 3.05) is 6.61 Å². The van der Waals surface area contributed by atoms with Crippen molar-refractivity contribution in [3.8, 4) is 11.1 Å². The van der Waals surface area contributed by atoms with Crippen molar-refractivity contribution in [3.05, 3.63) is 95.6 Å². The highest BCUT2D eigenvalue weighted by Crippen LogP contribution is 2.44. The number of amides is 2. The molecule has 210 valence electrons. The van der Waals surface area contributed by atoms with Gasteiger partial charge in [-0.1, -0.05) is 99.6 Å². The Kier molecular flexibility index (Phi) is 8.90. The monoisotopic (exact) mass is 544 g/mol. The van der Waals surface area contributed by atoms with Gasteiger partial charge in [-0.3, -0.25) is 4.79 Å². The molecule has 0 fully saturated rings. The van der Waals surface area contributed by atoms with E-state index in [1.165, 1.54) is 0 Å². The molecule has 0 radical (unpaired) electrons. The molecule has 1 aliphatic rings. The van der Waals surface area contributed by atoms with Crippen LogP contribution in [0.25, 0.3) is 11.1 Å². The van der Waals surface area contributed by atoms with E-state index in [1.54, 1.807) is 27.7 Å². The van der Waals surface area contributed by atoms with E-state index in [2.05, 4.69) is 22.8 Å². The summed E-state index contributed by atoms with van der Waals surface area (Å²) in [5.41, 5.74) is 4.54. The highest BCUT2D eigenvalue weighted by atomic mass is 16.5. The van der Waals surface area contributed by atoms with E-state index in [-0.39, 0.29) is 19.1 Å². The maximum Gasteiger partial charge on any atom is 0.407 e. The molecule has 3 N–H and O–H groups in total. The first-order valence-corrected chi connectivity index (χ1v) is 13.4. The first-order valence-electron chi connectivity index (χ1n) is 13.4. The minimum Gasteiger partial charge on any atom is -0.480 e. The molecule has 0 heterocycles.